The number of halogens is 1. The minimum absolute atomic E-state index is 0.131. The van der Waals surface area contributed by atoms with Crippen LogP contribution >= 0.6 is 11.6 Å². The summed E-state index contributed by atoms with van der Waals surface area (Å²) < 4.78 is 5.00. The molecular formula is C15H15ClN2O4. The first-order valence-electron chi connectivity index (χ1n) is 6.55. The number of carbonyl (C=O) groups excluding carboxylic acids is 2. The Bertz CT molecular complexity index is 670. The molecule has 0 saturated carbocycles. The molecule has 1 aromatic carbocycles. The molecule has 1 heterocycles. The van der Waals surface area contributed by atoms with Crippen LogP contribution in [0.1, 0.15) is 17.4 Å². The molecule has 0 bridgehead atoms. The van der Waals surface area contributed by atoms with Gasteiger partial charge in [-0.2, -0.15) is 0 Å². The number of anilines is 1. The van der Waals surface area contributed by atoms with Crippen LogP contribution in [-0.4, -0.2) is 23.5 Å². The molecule has 116 valence electrons. The van der Waals surface area contributed by atoms with E-state index in [-0.39, 0.29) is 6.54 Å². The lowest BCUT2D eigenvalue weighted by Crippen LogP contribution is -2.37. The van der Waals surface area contributed by atoms with E-state index in [1.807, 2.05) is 0 Å². The number of rotatable bonds is 4. The van der Waals surface area contributed by atoms with Gasteiger partial charge in [0.1, 0.15) is 11.9 Å². The van der Waals surface area contributed by atoms with Gasteiger partial charge in [0.25, 0.3) is 0 Å². The van der Waals surface area contributed by atoms with E-state index in [4.69, 9.17) is 16.0 Å². The molecule has 0 aliphatic rings. The lowest BCUT2D eigenvalue weighted by Gasteiger charge is -2.11. The third-order valence-electron chi connectivity index (χ3n) is 3.05. The molecule has 2 aromatic rings. The number of furan rings is 1. The van der Waals surface area contributed by atoms with Gasteiger partial charge in [-0.05, 0) is 36.8 Å². The average molecular weight is 323 g/mol. The minimum Gasteiger partial charge on any atom is -0.467 e. The summed E-state index contributed by atoms with van der Waals surface area (Å²) in [5, 5.41) is 15.0. The highest BCUT2D eigenvalue weighted by Gasteiger charge is 2.18. The average Bonchev–Trinajstić information content (AvgIpc) is 3.03. The van der Waals surface area contributed by atoms with Crippen LogP contribution in [0, 0.1) is 6.92 Å². The number of aliphatic hydroxyl groups excluding tert-OH is 1. The number of carbonyl (C=O) groups is 2. The van der Waals surface area contributed by atoms with Crippen molar-refractivity contribution < 1.29 is 19.1 Å². The summed E-state index contributed by atoms with van der Waals surface area (Å²) in [5.74, 6) is -1.38. The van der Waals surface area contributed by atoms with E-state index < -0.39 is 17.9 Å². The van der Waals surface area contributed by atoms with Gasteiger partial charge >= 0.3 is 11.8 Å². The zero-order valence-corrected chi connectivity index (χ0v) is 12.6. The number of nitrogens with one attached hydrogen (secondary N) is 2. The molecule has 1 unspecified atom stereocenters. The van der Waals surface area contributed by atoms with E-state index in [1.54, 1.807) is 37.3 Å². The maximum absolute atomic E-state index is 11.8. The van der Waals surface area contributed by atoms with Gasteiger partial charge in [0.05, 0.1) is 12.8 Å². The number of hydrogen-bond donors (Lipinski definition) is 3. The topological polar surface area (TPSA) is 91.6 Å². The minimum atomic E-state index is -1.01. The van der Waals surface area contributed by atoms with Gasteiger partial charge in [-0.3, -0.25) is 9.59 Å². The highest BCUT2D eigenvalue weighted by Crippen LogP contribution is 2.22. The Labute approximate surface area is 132 Å². The molecule has 0 radical (unpaired) electrons. The van der Waals surface area contributed by atoms with E-state index in [0.717, 1.165) is 0 Å². The van der Waals surface area contributed by atoms with Gasteiger partial charge in [-0.1, -0.05) is 17.7 Å². The summed E-state index contributed by atoms with van der Waals surface area (Å²) in [4.78, 5) is 23.5. The lowest BCUT2D eigenvalue weighted by atomic mass is 10.2. The normalized spacial score (nSPS) is 11.8. The first-order chi connectivity index (χ1) is 10.5. The molecule has 2 amide bonds. The first-order valence-corrected chi connectivity index (χ1v) is 6.92. The van der Waals surface area contributed by atoms with Crippen molar-refractivity contribution in [3.05, 3.63) is 52.9 Å². The van der Waals surface area contributed by atoms with Gasteiger partial charge in [0, 0.05) is 10.7 Å². The second-order valence-electron chi connectivity index (χ2n) is 4.61. The zero-order valence-electron chi connectivity index (χ0n) is 11.8. The molecule has 0 aliphatic heterocycles. The quantitative estimate of drug-likeness (QED) is 0.751. The van der Waals surface area contributed by atoms with Crippen LogP contribution < -0.4 is 10.6 Å². The first kappa shape index (κ1) is 16.1. The zero-order chi connectivity index (χ0) is 16.1. The summed E-state index contributed by atoms with van der Waals surface area (Å²) >= 11 is 5.94. The van der Waals surface area contributed by atoms with Gasteiger partial charge < -0.3 is 20.2 Å². The third-order valence-corrected chi connectivity index (χ3v) is 3.46. The van der Waals surface area contributed by atoms with Crippen molar-refractivity contribution in [1.29, 1.82) is 0 Å². The van der Waals surface area contributed by atoms with Crippen LogP contribution in [0.25, 0.3) is 0 Å². The second kappa shape index (κ2) is 7.11. The maximum Gasteiger partial charge on any atom is 0.313 e. The molecule has 2 rings (SSSR count). The molecule has 3 N–H and O–H groups in total. The van der Waals surface area contributed by atoms with Crippen LogP contribution in [0.15, 0.2) is 41.0 Å². The standard InChI is InChI=1S/C15H15ClN2O4/c1-9-10(16)4-2-5-11(9)18-15(21)14(20)17-8-12(19)13-6-3-7-22-13/h2-7,12,19H,8H2,1H3,(H,17,20)(H,18,21). The number of aliphatic hydroxyl groups is 1. The van der Waals surface area contributed by atoms with Crippen LogP contribution in [0.4, 0.5) is 5.69 Å². The predicted molar refractivity (Wildman–Crippen MR) is 81.5 cm³/mol. The second-order valence-corrected chi connectivity index (χ2v) is 5.01. The Kier molecular flexibility index (Phi) is 5.19. The molecule has 0 spiro atoms. The predicted octanol–water partition coefficient (Wildman–Crippen LogP) is 2.03. The summed E-state index contributed by atoms with van der Waals surface area (Å²) in [6.07, 6.45) is 0.398. The van der Waals surface area contributed by atoms with E-state index in [2.05, 4.69) is 10.6 Å². The Morgan fingerprint density at radius 3 is 2.73 bits per heavy atom. The van der Waals surface area contributed by atoms with Crippen LogP contribution in [0.5, 0.6) is 0 Å². The van der Waals surface area contributed by atoms with Crippen LogP contribution in [0.3, 0.4) is 0 Å². The van der Waals surface area contributed by atoms with Gasteiger partial charge in [-0.25, -0.2) is 0 Å². The number of amides is 2. The molecule has 6 nitrogen and oxygen atoms in total. The van der Waals surface area contributed by atoms with Gasteiger partial charge in [-0.15, -0.1) is 0 Å². The molecule has 0 saturated heterocycles. The summed E-state index contributed by atoms with van der Waals surface area (Å²) in [5.41, 5.74) is 1.13. The van der Waals surface area contributed by atoms with Gasteiger partial charge in [0.2, 0.25) is 0 Å². The highest BCUT2D eigenvalue weighted by molar-refractivity contribution is 6.40. The van der Waals surface area contributed by atoms with E-state index >= 15 is 0 Å². The Morgan fingerprint density at radius 2 is 2.05 bits per heavy atom. The number of benzene rings is 1. The van der Waals surface area contributed by atoms with Crippen molar-refractivity contribution in [3.63, 3.8) is 0 Å². The molecule has 0 fully saturated rings. The van der Waals surface area contributed by atoms with Crippen LogP contribution in [-0.2, 0) is 9.59 Å². The molecule has 22 heavy (non-hydrogen) atoms. The Balaban J connectivity index is 1.90. The Morgan fingerprint density at radius 1 is 1.27 bits per heavy atom. The van der Waals surface area contributed by atoms with Gasteiger partial charge in [0.15, 0.2) is 0 Å². The number of hydrogen-bond acceptors (Lipinski definition) is 4. The van der Waals surface area contributed by atoms with Crippen molar-refractivity contribution in [2.24, 2.45) is 0 Å². The fourth-order valence-electron chi connectivity index (χ4n) is 1.77. The summed E-state index contributed by atoms with van der Waals surface area (Å²) in [6.45, 7) is 1.60. The van der Waals surface area contributed by atoms with Crippen molar-refractivity contribution in [2.45, 2.75) is 13.0 Å². The molecule has 7 heteroatoms. The molecule has 1 aromatic heterocycles. The molecular weight excluding hydrogens is 308 g/mol. The Hall–Kier alpha value is -2.31. The summed E-state index contributed by atoms with van der Waals surface area (Å²) in [6, 6.07) is 8.20. The SMILES string of the molecule is Cc1c(Cl)cccc1NC(=O)C(=O)NCC(O)c1ccco1. The monoisotopic (exact) mass is 322 g/mol. The molecule has 1 atom stereocenters. The fraction of sp³-hybridized carbons (Fsp3) is 0.200. The van der Waals surface area contributed by atoms with Crippen molar-refractivity contribution in [1.82, 2.24) is 5.32 Å². The lowest BCUT2D eigenvalue weighted by molar-refractivity contribution is -0.136. The summed E-state index contributed by atoms with van der Waals surface area (Å²) in [7, 11) is 0. The third kappa shape index (κ3) is 3.87. The highest BCUT2D eigenvalue weighted by atomic mass is 35.5. The van der Waals surface area contributed by atoms with Crippen molar-refractivity contribution in [2.75, 3.05) is 11.9 Å². The largest absolute Gasteiger partial charge is 0.467 e. The van der Waals surface area contributed by atoms with E-state index in [1.165, 1.54) is 6.26 Å². The maximum atomic E-state index is 11.8. The van der Waals surface area contributed by atoms with Crippen LogP contribution in [0.2, 0.25) is 5.02 Å². The smallest absolute Gasteiger partial charge is 0.313 e. The van der Waals surface area contributed by atoms with Crippen molar-refractivity contribution >= 4 is 29.1 Å². The van der Waals surface area contributed by atoms with Crippen molar-refractivity contribution in [3.8, 4) is 0 Å². The van der Waals surface area contributed by atoms with E-state index in [9.17, 15) is 14.7 Å². The molecule has 0 aliphatic carbocycles. The fourth-order valence-corrected chi connectivity index (χ4v) is 1.95. The van der Waals surface area contributed by atoms with E-state index in [0.29, 0.717) is 22.0 Å².